The van der Waals surface area contributed by atoms with Gasteiger partial charge in [-0.05, 0) is 43.0 Å². The van der Waals surface area contributed by atoms with Crippen LogP contribution in [0.25, 0.3) is 0 Å². The van der Waals surface area contributed by atoms with Gasteiger partial charge < -0.3 is 10.6 Å². The third-order valence-corrected chi connectivity index (χ3v) is 3.20. The summed E-state index contributed by atoms with van der Waals surface area (Å²) in [4.78, 5) is 11.3. The summed E-state index contributed by atoms with van der Waals surface area (Å²) < 4.78 is 0. The average molecular weight is 243 g/mol. The van der Waals surface area contributed by atoms with Gasteiger partial charge in [0.2, 0.25) is 5.91 Å². The van der Waals surface area contributed by atoms with Gasteiger partial charge in [-0.25, -0.2) is 0 Å². The largest absolute Gasteiger partial charge is 0.325 e. The summed E-state index contributed by atoms with van der Waals surface area (Å²) in [7, 11) is 0. The molecule has 1 amide bonds. The van der Waals surface area contributed by atoms with Gasteiger partial charge in [-0.3, -0.25) is 4.79 Å². The van der Waals surface area contributed by atoms with Crippen molar-refractivity contribution in [2.75, 3.05) is 18.4 Å². The number of benzene rings is 1. The van der Waals surface area contributed by atoms with Crippen LogP contribution >= 0.6 is 0 Å². The van der Waals surface area contributed by atoms with E-state index < -0.39 is 0 Å². The molecule has 1 aromatic rings. The number of hydrogen-bond acceptors (Lipinski definition) is 3. The van der Waals surface area contributed by atoms with E-state index >= 15 is 0 Å². The molecule has 1 heterocycles. The lowest BCUT2D eigenvalue weighted by molar-refractivity contribution is -0.115. The molecule has 2 N–H and O–H groups in total. The highest BCUT2D eigenvalue weighted by molar-refractivity contribution is 5.91. The summed E-state index contributed by atoms with van der Waals surface area (Å²) in [5.74, 6) is 0.312. The fourth-order valence-electron chi connectivity index (χ4n) is 2.25. The van der Waals surface area contributed by atoms with Crippen LogP contribution in [0, 0.1) is 11.3 Å². The Morgan fingerprint density at radius 1 is 1.44 bits per heavy atom. The zero-order valence-electron chi connectivity index (χ0n) is 10.3. The molecule has 0 aromatic heterocycles. The molecule has 1 aliphatic heterocycles. The molecule has 1 atom stereocenters. The normalized spacial score (nSPS) is 18.9. The molecule has 0 radical (unpaired) electrons. The average Bonchev–Trinajstić information content (AvgIpc) is 2.41. The predicted molar refractivity (Wildman–Crippen MR) is 70.1 cm³/mol. The van der Waals surface area contributed by atoms with Gasteiger partial charge in [0.25, 0.3) is 0 Å². The van der Waals surface area contributed by atoms with Crippen molar-refractivity contribution in [2.24, 2.45) is 0 Å². The van der Waals surface area contributed by atoms with Gasteiger partial charge in [0.1, 0.15) is 6.42 Å². The van der Waals surface area contributed by atoms with Gasteiger partial charge in [0.15, 0.2) is 0 Å². The van der Waals surface area contributed by atoms with Crippen molar-refractivity contribution in [3.05, 3.63) is 29.8 Å². The first-order valence-corrected chi connectivity index (χ1v) is 6.27. The number of nitrogens with zero attached hydrogens (tertiary/aromatic N) is 1. The molecule has 4 nitrogen and oxygen atoms in total. The molecule has 18 heavy (non-hydrogen) atoms. The fraction of sp³-hybridized carbons (Fsp3) is 0.429. The molecule has 0 aliphatic carbocycles. The molecule has 1 unspecified atom stereocenters. The van der Waals surface area contributed by atoms with Crippen molar-refractivity contribution in [2.45, 2.75) is 25.2 Å². The van der Waals surface area contributed by atoms with Gasteiger partial charge in [-0.1, -0.05) is 12.1 Å². The lowest BCUT2D eigenvalue weighted by atomic mass is 9.92. The topological polar surface area (TPSA) is 64.9 Å². The van der Waals surface area contributed by atoms with Gasteiger partial charge in [-0.2, -0.15) is 5.26 Å². The molecule has 1 aromatic carbocycles. The lowest BCUT2D eigenvalue weighted by Gasteiger charge is -2.23. The van der Waals surface area contributed by atoms with E-state index in [9.17, 15) is 4.79 Å². The number of nitrogens with one attached hydrogen (secondary N) is 2. The Morgan fingerprint density at radius 2 is 2.22 bits per heavy atom. The molecule has 2 rings (SSSR count). The van der Waals surface area contributed by atoms with Crippen LogP contribution in [-0.4, -0.2) is 19.0 Å². The van der Waals surface area contributed by atoms with E-state index in [0.29, 0.717) is 5.92 Å². The van der Waals surface area contributed by atoms with Crippen LogP contribution in [0.4, 0.5) is 5.69 Å². The third kappa shape index (κ3) is 3.31. The number of nitriles is 1. The molecular formula is C14H17N3O. The number of piperidine rings is 1. The van der Waals surface area contributed by atoms with Crippen molar-refractivity contribution in [1.82, 2.24) is 5.32 Å². The molecule has 94 valence electrons. The first-order chi connectivity index (χ1) is 8.79. The highest BCUT2D eigenvalue weighted by atomic mass is 16.1. The van der Waals surface area contributed by atoms with Gasteiger partial charge in [-0.15, -0.1) is 0 Å². The minimum Gasteiger partial charge on any atom is -0.325 e. The second-order valence-corrected chi connectivity index (χ2v) is 4.55. The monoisotopic (exact) mass is 243 g/mol. The molecule has 0 spiro atoms. The van der Waals surface area contributed by atoms with E-state index in [1.54, 1.807) is 0 Å². The van der Waals surface area contributed by atoms with Gasteiger partial charge in [0, 0.05) is 12.2 Å². The molecule has 1 aliphatic rings. The van der Waals surface area contributed by atoms with Gasteiger partial charge in [0.05, 0.1) is 6.07 Å². The number of hydrogen-bond donors (Lipinski definition) is 2. The van der Waals surface area contributed by atoms with Crippen LogP contribution in [-0.2, 0) is 4.79 Å². The SMILES string of the molecule is N#CCC(=O)Nc1ccc(C2CCCNC2)cc1. The van der Waals surface area contributed by atoms with Crippen LogP contribution in [0.1, 0.15) is 30.7 Å². The van der Waals surface area contributed by atoms with Crippen LogP contribution < -0.4 is 10.6 Å². The van der Waals surface area contributed by atoms with Crippen LogP contribution in [0.5, 0.6) is 0 Å². The van der Waals surface area contributed by atoms with Crippen molar-refractivity contribution >= 4 is 11.6 Å². The van der Waals surface area contributed by atoms with Crippen molar-refractivity contribution in [3.8, 4) is 6.07 Å². The van der Waals surface area contributed by atoms with Crippen molar-refractivity contribution in [3.63, 3.8) is 0 Å². The number of anilines is 1. The summed E-state index contributed by atoms with van der Waals surface area (Å²) in [5, 5.41) is 14.5. The van der Waals surface area contributed by atoms with E-state index in [-0.39, 0.29) is 12.3 Å². The Kier molecular flexibility index (Phi) is 4.32. The number of carbonyl (C=O) groups is 1. The Bertz CT molecular complexity index is 441. The minimum atomic E-state index is -0.260. The van der Waals surface area contributed by atoms with E-state index in [2.05, 4.69) is 22.8 Å². The zero-order valence-corrected chi connectivity index (χ0v) is 10.3. The quantitative estimate of drug-likeness (QED) is 0.853. The number of carbonyl (C=O) groups excluding carboxylic acids is 1. The Balaban J connectivity index is 1.96. The maximum Gasteiger partial charge on any atom is 0.238 e. The molecule has 1 saturated heterocycles. The smallest absolute Gasteiger partial charge is 0.238 e. The highest BCUT2D eigenvalue weighted by Gasteiger charge is 2.14. The number of rotatable bonds is 3. The standard InChI is InChI=1S/C14H17N3O/c15-8-7-14(18)17-13-5-3-11(4-6-13)12-2-1-9-16-10-12/h3-6,12,16H,1-2,7,9-10H2,(H,17,18). The molecule has 0 bridgehead atoms. The maximum atomic E-state index is 11.3. The van der Waals surface area contributed by atoms with E-state index in [1.807, 2.05) is 18.2 Å². The fourth-order valence-corrected chi connectivity index (χ4v) is 2.25. The summed E-state index contributed by atoms with van der Waals surface area (Å²) in [6.07, 6.45) is 2.33. The van der Waals surface area contributed by atoms with E-state index in [4.69, 9.17) is 5.26 Å². The summed E-state index contributed by atoms with van der Waals surface area (Å²) >= 11 is 0. The van der Waals surface area contributed by atoms with Crippen LogP contribution in [0.2, 0.25) is 0 Å². The molecular weight excluding hydrogens is 226 g/mol. The molecule has 1 fully saturated rings. The summed E-state index contributed by atoms with van der Waals surface area (Å²) in [6, 6.07) is 9.74. The third-order valence-electron chi connectivity index (χ3n) is 3.20. The first-order valence-electron chi connectivity index (χ1n) is 6.27. The molecule has 0 saturated carbocycles. The van der Waals surface area contributed by atoms with Crippen LogP contribution in [0.3, 0.4) is 0 Å². The second-order valence-electron chi connectivity index (χ2n) is 4.55. The summed E-state index contributed by atoms with van der Waals surface area (Å²) in [5.41, 5.74) is 2.06. The van der Waals surface area contributed by atoms with Crippen molar-refractivity contribution in [1.29, 1.82) is 5.26 Å². The van der Waals surface area contributed by atoms with E-state index in [0.717, 1.165) is 18.8 Å². The first kappa shape index (κ1) is 12.6. The number of amides is 1. The second kappa shape index (κ2) is 6.18. The Hall–Kier alpha value is -1.86. The Labute approximate surface area is 107 Å². The predicted octanol–water partition coefficient (Wildman–Crippen LogP) is 2.01. The molecule has 4 heteroatoms. The van der Waals surface area contributed by atoms with E-state index in [1.165, 1.54) is 18.4 Å². The van der Waals surface area contributed by atoms with Crippen LogP contribution in [0.15, 0.2) is 24.3 Å². The zero-order chi connectivity index (χ0) is 12.8. The summed E-state index contributed by atoms with van der Waals surface area (Å²) in [6.45, 7) is 2.14. The van der Waals surface area contributed by atoms with Gasteiger partial charge >= 0.3 is 0 Å². The highest BCUT2D eigenvalue weighted by Crippen LogP contribution is 2.24. The van der Waals surface area contributed by atoms with Crippen molar-refractivity contribution < 1.29 is 4.79 Å². The maximum absolute atomic E-state index is 11.3. The lowest BCUT2D eigenvalue weighted by Crippen LogP contribution is -2.28. The Morgan fingerprint density at radius 3 is 2.83 bits per heavy atom. The minimum absolute atomic E-state index is 0.103.